The van der Waals surface area contributed by atoms with E-state index in [4.69, 9.17) is 0 Å². The molecule has 0 atom stereocenters. The zero-order chi connectivity index (χ0) is 12.9. The second-order valence-electron chi connectivity index (χ2n) is 5.04. The number of hydrogen-bond acceptors (Lipinski definition) is 1. The van der Waals surface area contributed by atoms with Gasteiger partial charge in [-0.2, -0.15) is 0 Å². The van der Waals surface area contributed by atoms with Crippen LogP contribution in [0.3, 0.4) is 0 Å². The fourth-order valence-corrected chi connectivity index (χ4v) is 2.56. The molecule has 1 N–H and O–H groups in total. The van der Waals surface area contributed by atoms with Gasteiger partial charge in [-0.3, -0.25) is 4.79 Å². The van der Waals surface area contributed by atoms with Gasteiger partial charge in [0.15, 0.2) is 0 Å². The van der Waals surface area contributed by atoms with Crippen molar-refractivity contribution in [1.29, 1.82) is 0 Å². The van der Waals surface area contributed by atoms with Crippen LogP contribution in [0.2, 0.25) is 19.6 Å². The van der Waals surface area contributed by atoms with Crippen LogP contribution in [-0.4, -0.2) is 20.5 Å². The molecule has 0 heterocycles. The molecule has 0 aliphatic heterocycles. The molecule has 0 spiro atoms. The number of rotatable bonds is 2. The molecule has 0 aliphatic rings. The minimum absolute atomic E-state index is 0.0462. The van der Waals surface area contributed by atoms with Gasteiger partial charge in [0, 0.05) is 12.5 Å². The number of carbonyl (C=O) groups excluding carboxylic acids is 1. The van der Waals surface area contributed by atoms with E-state index in [1.807, 2.05) is 6.07 Å². The van der Waals surface area contributed by atoms with E-state index in [0.717, 1.165) is 5.56 Å². The van der Waals surface area contributed by atoms with Crippen LogP contribution in [0.5, 0.6) is 0 Å². The molecule has 1 amide bonds. The molecule has 90 valence electrons. The van der Waals surface area contributed by atoms with E-state index in [-0.39, 0.29) is 5.91 Å². The Morgan fingerprint density at radius 3 is 2.65 bits per heavy atom. The molecule has 1 rings (SSSR count). The lowest BCUT2D eigenvalue weighted by molar-refractivity contribution is -0.118. The molecule has 3 heteroatoms. The number of hydrogen-bond donors (Lipinski definition) is 1. The molecular weight excluding hydrogens is 226 g/mol. The van der Waals surface area contributed by atoms with Crippen molar-refractivity contribution in [3.05, 3.63) is 29.8 Å². The van der Waals surface area contributed by atoms with Crippen molar-refractivity contribution >= 4 is 19.2 Å². The summed E-state index contributed by atoms with van der Waals surface area (Å²) in [7, 11) is -1.27. The topological polar surface area (TPSA) is 29.1 Å². The van der Waals surface area contributed by atoms with Gasteiger partial charge in [-0.15, -0.1) is 0 Å². The van der Waals surface area contributed by atoms with Crippen molar-refractivity contribution < 1.29 is 4.79 Å². The Morgan fingerprint density at radius 1 is 1.35 bits per heavy atom. The van der Waals surface area contributed by atoms with Crippen molar-refractivity contribution in [2.75, 3.05) is 6.54 Å². The van der Waals surface area contributed by atoms with Crippen LogP contribution < -0.4 is 10.5 Å². The summed E-state index contributed by atoms with van der Waals surface area (Å²) in [5, 5.41) is 4.06. The first-order valence-electron chi connectivity index (χ1n) is 5.73. The predicted molar refractivity (Wildman–Crippen MR) is 75.0 cm³/mol. The molecule has 17 heavy (non-hydrogen) atoms. The molecule has 2 nitrogen and oxygen atoms in total. The summed E-state index contributed by atoms with van der Waals surface area (Å²) in [5.74, 6) is 5.97. The number of carbonyl (C=O) groups is 1. The SMILES string of the molecule is CC(=O)NCC#Cc1cccc([Si](C)(C)C)c1. The third-order valence-corrected chi connectivity index (χ3v) is 4.43. The van der Waals surface area contributed by atoms with Crippen molar-refractivity contribution in [2.45, 2.75) is 26.6 Å². The fourth-order valence-electron chi connectivity index (χ4n) is 1.38. The summed E-state index contributed by atoms with van der Waals surface area (Å²) in [5.41, 5.74) is 1.02. The average molecular weight is 245 g/mol. The zero-order valence-electron chi connectivity index (χ0n) is 10.9. The lowest BCUT2D eigenvalue weighted by Gasteiger charge is -2.16. The first-order chi connectivity index (χ1) is 7.89. The van der Waals surface area contributed by atoms with Gasteiger partial charge in [0.25, 0.3) is 0 Å². The van der Waals surface area contributed by atoms with Crippen LogP contribution in [0.1, 0.15) is 12.5 Å². The normalized spacial score (nSPS) is 10.4. The van der Waals surface area contributed by atoms with Crippen molar-refractivity contribution in [3.63, 3.8) is 0 Å². The van der Waals surface area contributed by atoms with Gasteiger partial charge in [0.05, 0.1) is 14.6 Å². The van der Waals surface area contributed by atoms with Crippen LogP contribution in [0.15, 0.2) is 24.3 Å². The van der Waals surface area contributed by atoms with Crippen molar-refractivity contribution in [1.82, 2.24) is 5.32 Å². The third kappa shape index (κ3) is 4.88. The Hall–Kier alpha value is -1.53. The fraction of sp³-hybridized carbons (Fsp3) is 0.357. The second-order valence-corrected chi connectivity index (χ2v) is 10.1. The highest BCUT2D eigenvalue weighted by Crippen LogP contribution is 2.04. The highest BCUT2D eigenvalue weighted by Gasteiger charge is 2.15. The Bertz CT molecular complexity index is 463. The summed E-state index contributed by atoms with van der Waals surface area (Å²) in [6, 6.07) is 8.39. The number of amides is 1. The van der Waals surface area contributed by atoms with Crippen molar-refractivity contribution in [2.24, 2.45) is 0 Å². The van der Waals surface area contributed by atoms with Crippen LogP contribution in [-0.2, 0) is 4.79 Å². The Balaban J connectivity index is 2.76. The molecule has 0 unspecified atom stereocenters. The van der Waals surface area contributed by atoms with Gasteiger partial charge in [-0.25, -0.2) is 0 Å². The first-order valence-corrected chi connectivity index (χ1v) is 9.23. The van der Waals surface area contributed by atoms with Crippen LogP contribution in [0, 0.1) is 11.8 Å². The lowest BCUT2D eigenvalue weighted by atomic mass is 10.2. The summed E-state index contributed by atoms with van der Waals surface area (Å²) >= 11 is 0. The van der Waals surface area contributed by atoms with E-state index in [0.29, 0.717) is 6.54 Å². The minimum atomic E-state index is -1.27. The first kappa shape index (κ1) is 13.5. The molecule has 1 aromatic rings. The lowest BCUT2D eigenvalue weighted by Crippen LogP contribution is -2.37. The molecule has 0 fully saturated rings. The standard InChI is InChI=1S/C14H19NOSi/c1-12(16)15-10-6-8-13-7-5-9-14(11-13)17(2,3)4/h5,7,9,11H,10H2,1-4H3,(H,15,16). The molecule has 0 saturated carbocycles. The van der Waals surface area contributed by atoms with Gasteiger partial charge in [-0.05, 0) is 12.1 Å². The van der Waals surface area contributed by atoms with Gasteiger partial charge in [0.1, 0.15) is 0 Å². The highest BCUT2D eigenvalue weighted by atomic mass is 28.3. The molecule has 1 aromatic carbocycles. The van der Waals surface area contributed by atoms with E-state index in [2.05, 4.69) is 55.0 Å². The molecule has 0 aromatic heterocycles. The van der Waals surface area contributed by atoms with E-state index in [1.165, 1.54) is 12.1 Å². The van der Waals surface area contributed by atoms with Gasteiger partial charge >= 0.3 is 0 Å². The molecule has 0 radical (unpaired) electrons. The maximum Gasteiger partial charge on any atom is 0.217 e. The van der Waals surface area contributed by atoms with Gasteiger partial charge in [-0.1, -0.05) is 48.8 Å². The van der Waals surface area contributed by atoms with Crippen LogP contribution >= 0.6 is 0 Å². The van der Waals surface area contributed by atoms with Gasteiger partial charge < -0.3 is 5.32 Å². The Kier molecular flexibility index (Phi) is 4.53. The minimum Gasteiger partial charge on any atom is -0.345 e. The maximum absolute atomic E-state index is 10.7. The van der Waals surface area contributed by atoms with E-state index >= 15 is 0 Å². The van der Waals surface area contributed by atoms with Crippen LogP contribution in [0.4, 0.5) is 0 Å². The maximum atomic E-state index is 10.7. The van der Waals surface area contributed by atoms with Crippen molar-refractivity contribution in [3.8, 4) is 11.8 Å². The van der Waals surface area contributed by atoms with Crippen LogP contribution in [0.25, 0.3) is 0 Å². The molecule has 0 aliphatic carbocycles. The predicted octanol–water partition coefficient (Wildman–Crippen LogP) is 1.72. The molecule has 0 saturated heterocycles. The highest BCUT2D eigenvalue weighted by molar-refractivity contribution is 6.88. The molecule has 0 bridgehead atoms. The number of benzene rings is 1. The largest absolute Gasteiger partial charge is 0.345 e. The second kappa shape index (κ2) is 5.69. The monoisotopic (exact) mass is 245 g/mol. The Morgan fingerprint density at radius 2 is 2.06 bits per heavy atom. The smallest absolute Gasteiger partial charge is 0.217 e. The quantitative estimate of drug-likeness (QED) is 0.624. The Labute approximate surface area is 104 Å². The average Bonchev–Trinajstić information content (AvgIpc) is 2.23. The summed E-state index contributed by atoms with van der Waals surface area (Å²) in [6.07, 6.45) is 0. The third-order valence-electron chi connectivity index (χ3n) is 2.39. The number of nitrogens with one attached hydrogen (secondary N) is 1. The van der Waals surface area contributed by atoms with E-state index in [1.54, 1.807) is 0 Å². The summed E-state index contributed by atoms with van der Waals surface area (Å²) < 4.78 is 0. The summed E-state index contributed by atoms with van der Waals surface area (Å²) in [6.45, 7) is 8.85. The van der Waals surface area contributed by atoms with E-state index in [9.17, 15) is 4.79 Å². The molecular formula is C14H19NOSi. The van der Waals surface area contributed by atoms with E-state index < -0.39 is 8.07 Å². The van der Waals surface area contributed by atoms with Gasteiger partial charge in [0.2, 0.25) is 5.91 Å². The zero-order valence-corrected chi connectivity index (χ0v) is 11.9. The summed E-state index contributed by atoms with van der Waals surface area (Å²) in [4.78, 5) is 10.7.